The zero-order chi connectivity index (χ0) is 37.1. The average Bonchev–Trinajstić information content (AvgIpc) is 3.95. The summed E-state index contributed by atoms with van der Waals surface area (Å²) in [6, 6.07) is 0. The first-order valence-corrected chi connectivity index (χ1v) is 21.3. The summed E-state index contributed by atoms with van der Waals surface area (Å²) in [4.78, 5) is 0. The van der Waals surface area contributed by atoms with Crippen molar-refractivity contribution in [2.45, 2.75) is 180 Å². The molecule has 0 aromatic carbocycles. The van der Waals surface area contributed by atoms with Crippen LogP contribution in [0.25, 0.3) is 0 Å². The molecule has 0 spiro atoms. The first-order valence-electron chi connectivity index (χ1n) is 21.3. The molecule has 4 aromatic rings. The van der Waals surface area contributed by atoms with Gasteiger partial charge in [-0.15, -0.1) is 0 Å². The Morgan fingerprint density at radius 1 is 0.407 bits per heavy atom. The SMILES string of the molecule is CC1(C)[C@@H]2CC[C@@]1(C)c1nn([B-](n3cc4c(n3)[C@]3(C)CC[C@H]4C3(C)C)(n3cc4c(n3)[C@@]3(C)CC[C@@H]4C3(C)C)n3cc4c(n3)[C@@]3(C)CC[C@@H]4C3(C)C)cc12.[Na+]. The second-order valence-corrected chi connectivity index (χ2v) is 22.9. The molecule has 10 heteroatoms. The van der Waals surface area contributed by atoms with Crippen LogP contribution in [0.2, 0.25) is 0 Å². The van der Waals surface area contributed by atoms with Crippen molar-refractivity contribution >= 4 is 6.69 Å². The Bertz CT molecular complexity index is 2030. The number of rotatable bonds is 4. The van der Waals surface area contributed by atoms with E-state index in [2.05, 4.69) is 126 Å². The van der Waals surface area contributed by atoms with Crippen LogP contribution in [0.1, 0.15) is 203 Å². The van der Waals surface area contributed by atoms with Gasteiger partial charge in [-0.1, -0.05) is 83.1 Å². The maximum Gasteiger partial charge on any atom is 1.00 e. The summed E-state index contributed by atoms with van der Waals surface area (Å²) in [5.74, 6) is 2.00. The van der Waals surface area contributed by atoms with E-state index < -0.39 is 6.69 Å². The van der Waals surface area contributed by atoms with E-state index in [-0.39, 0.29) is 72.9 Å². The Hall–Kier alpha value is -2.10. The first-order chi connectivity index (χ1) is 24.7. The van der Waals surface area contributed by atoms with Gasteiger partial charge in [-0.3, -0.25) is 0 Å². The zero-order valence-corrected chi connectivity index (χ0v) is 37.4. The van der Waals surface area contributed by atoms with E-state index in [1.165, 1.54) is 96.4 Å². The fourth-order valence-corrected chi connectivity index (χ4v) is 15.7. The van der Waals surface area contributed by atoms with Gasteiger partial charge in [0.2, 0.25) is 0 Å². The fourth-order valence-electron chi connectivity index (χ4n) is 15.7. The standard InChI is InChI=1S/C44H60BN8.Na/c1-37(2)29-13-17-41(37,9)33-25(29)21-50(46-33)45(51-22-26-30-14-18-42(10,34(26)47-51)38(30,3)4,52-23-27-31-15-19-43(11,35(27)48-52)39(31,5)6)53-24-28-32-16-20-44(12,36(28)49-53)40(32,7)8;/h21-24,29-32H,13-20H2,1-12H3;/q-1;+1/t29-,30-,31+,32+,41+,42+,43-,44-;. The molecule has 0 radical (unpaired) electrons. The van der Waals surface area contributed by atoms with Crippen LogP contribution in [0.15, 0.2) is 24.8 Å². The molecule has 4 aromatic heterocycles. The van der Waals surface area contributed by atoms with Gasteiger partial charge in [0.25, 0.3) is 0 Å². The smallest absolute Gasteiger partial charge is 0.379 e. The van der Waals surface area contributed by atoms with Crippen molar-refractivity contribution in [2.24, 2.45) is 21.7 Å². The molecule has 8 atom stereocenters. The molecule has 8 nitrogen and oxygen atoms in total. The second kappa shape index (κ2) is 9.44. The van der Waals surface area contributed by atoms with Gasteiger partial charge in [0.15, 0.2) is 0 Å². The van der Waals surface area contributed by atoms with Crippen LogP contribution < -0.4 is 29.6 Å². The van der Waals surface area contributed by atoms with Gasteiger partial charge in [0.1, 0.15) is 0 Å². The molecule has 0 saturated heterocycles. The van der Waals surface area contributed by atoms with E-state index in [1.807, 2.05) is 0 Å². The summed E-state index contributed by atoms with van der Waals surface area (Å²) in [7, 11) is 0. The monoisotopic (exact) mass is 734 g/mol. The Labute approximate surface area is 344 Å². The van der Waals surface area contributed by atoms with Gasteiger partial charge >= 0.3 is 36.2 Å². The van der Waals surface area contributed by atoms with E-state index in [0.717, 1.165) is 0 Å². The van der Waals surface area contributed by atoms with E-state index in [0.29, 0.717) is 23.7 Å². The fraction of sp³-hybridized carbons (Fsp3) is 0.727. The Morgan fingerprint density at radius 3 is 0.796 bits per heavy atom. The second-order valence-electron chi connectivity index (χ2n) is 22.9. The van der Waals surface area contributed by atoms with Gasteiger partial charge in [0.05, 0.1) is 22.8 Å². The van der Waals surface area contributed by atoms with Crippen molar-refractivity contribution < 1.29 is 29.6 Å². The average molecular weight is 735 g/mol. The third-order valence-corrected chi connectivity index (χ3v) is 21.0. The van der Waals surface area contributed by atoms with Crippen molar-refractivity contribution in [3.05, 3.63) is 69.8 Å². The third kappa shape index (κ3) is 3.17. The Kier molecular flexibility index (Phi) is 6.13. The van der Waals surface area contributed by atoms with E-state index in [1.54, 1.807) is 0 Å². The van der Waals surface area contributed by atoms with Crippen LogP contribution >= 0.6 is 0 Å². The number of hydrogen-bond donors (Lipinski definition) is 0. The summed E-state index contributed by atoms with van der Waals surface area (Å²) in [6.07, 6.45) is 19.4. The summed E-state index contributed by atoms with van der Waals surface area (Å²) >= 11 is 0. The number of aromatic nitrogens is 8. The summed E-state index contributed by atoms with van der Waals surface area (Å²) in [6.45, 7) is 27.6. The number of nitrogens with zero attached hydrogens (tertiary/aromatic N) is 8. The number of hydrogen-bond acceptors (Lipinski definition) is 4. The van der Waals surface area contributed by atoms with Crippen LogP contribution in [0, 0.1) is 21.7 Å². The van der Waals surface area contributed by atoms with Crippen LogP contribution in [0.4, 0.5) is 0 Å². The van der Waals surface area contributed by atoms with E-state index in [4.69, 9.17) is 20.4 Å². The largest absolute Gasteiger partial charge is 1.00 e. The summed E-state index contributed by atoms with van der Waals surface area (Å²) < 4.78 is 9.40. The van der Waals surface area contributed by atoms with Crippen molar-refractivity contribution in [3.8, 4) is 0 Å². The molecule has 4 heterocycles. The first kappa shape index (κ1) is 35.1. The molecule has 4 fully saturated rings. The zero-order valence-electron chi connectivity index (χ0n) is 35.4. The molecule has 0 amide bonds. The molecule has 8 bridgehead atoms. The minimum atomic E-state index is -2.17. The predicted molar refractivity (Wildman–Crippen MR) is 209 cm³/mol. The van der Waals surface area contributed by atoms with Gasteiger partial charge < -0.3 is 18.4 Å². The molecule has 0 N–H and O–H groups in total. The van der Waals surface area contributed by atoms with Crippen molar-refractivity contribution in [3.63, 3.8) is 0 Å². The van der Waals surface area contributed by atoms with E-state index in [9.17, 15) is 0 Å². The van der Waals surface area contributed by atoms with Gasteiger partial charge in [-0.25, -0.2) is 20.4 Å². The summed E-state index contributed by atoms with van der Waals surface area (Å²) in [5.41, 5.74) is 11.8. The minimum absolute atomic E-state index is 0. The van der Waals surface area contributed by atoms with Crippen LogP contribution in [0.3, 0.4) is 0 Å². The molecule has 12 rings (SSSR count). The minimum Gasteiger partial charge on any atom is -0.379 e. The summed E-state index contributed by atoms with van der Waals surface area (Å²) in [5, 5.41) is 23.4. The number of fused-ring (bicyclic) bond motifs is 20. The maximum atomic E-state index is 5.85. The van der Waals surface area contributed by atoms with Crippen LogP contribution in [-0.2, 0) is 21.7 Å². The molecule has 0 aliphatic heterocycles. The molecule has 54 heavy (non-hydrogen) atoms. The van der Waals surface area contributed by atoms with Crippen LogP contribution in [-0.4, -0.2) is 45.5 Å². The van der Waals surface area contributed by atoms with Gasteiger partial charge in [0, 0.05) is 21.7 Å². The van der Waals surface area contributed by atoms with Gasteiger partial charge in [-0.2, -0.15) is 0 Å². The molecular weight excluding hydrogens is 674 g/mol. The van der Waals surface area contributed by atoms with Crippen LogP contribution in [0.5, 0.6) is 0 Å². The third-order valence-electron chi connectivity index (χ3n) is 21.0. The predicted octanol–water partition coefficient (Wildman–Crippen LogP) is 6.10. The molecule has 8 aliphatic rings. The molecule has 8 aliphatic carbocycles. The van der Waals surface area contributed by atoms with Gasteiger partial charge in [-0.05, 0) is 144 Å². The van der Waals surface area contributed by atoms with Crippen molar-refractivity contribution in [2.75, 3.05) is 0 Å². The van der Waals surface area contributed by atoms with Crippen molar-refractivity contribution in [1.82, 2.24) is 38.8 Å². The topological polar surface area (TPSA) is 71.3 Å². The maximum absolute atomic E-state index is 5.85. The Morgan fingerprint density at radius 2 is 0.611 bits per heavy atom. The normalized spacial score (nSPS) is 39.6. The molecule has 280 valence electrons. The molecule has 0 unspecified atom stereocenters. The molecular formula is C44H60BN8Na. The Balaban J connectivity index is 0.00000341. The molecule has 4 saturated carbocycles. The van der Waals surface area contributed by atoms with E-state index >= 15 is 0 Å². The van der Waals surface area contributed by atoms with Crippen molar-refractivity contribution in [1.29, 1.82) is 0 Å². The quantitative estimate of drug-likeness (QED) is 0.238.